The van der Waals surface area contributed by atoms with Gasteiger partial charge in [0, 0.05) is 0 Å². The average molecular weight is 372 g/mol. The van der Waals surface area contributed by atoms with Crippen LogP contribution in [0.15, 0.2) is 42.5 Å². The molecule has 0 aliphatic carbocycles. The number of methoxy groups -OCH3 is 1. The van der Waals surface area contributed by atoms with E-state index in [1.807, 2.05) is 19.1 Å². The summed E-state index contributed by atoms with van der Waals surface area (Å²) < 4.78 is 29.3. The number of ether oxygens (including phenoxy) is 3. The molecule has 0 aliphatic heterocycles. The van der Waals surface area contributed by atoms with E-state index in [9.17, 15) is 4.39 Å². The van der Waals surface area contributed by atoms with E-state index in [2.05, 4.69) is 15.2 Å². The molecule has 1 atom stereocenters. The Morgan fingerprint density at radius 1 is 1.11 bits per heavy atom. The molecule has 8 heteroatoms. The number of aromatic nitrogens is 3. The van der Waals surface area contributed by atoms with Gasteiger partial charge in [0.25, 0.3) is 0 Å². The van der Waals surface area contributed by atoms with Crippen molar-refractivity contribution in [1.82, 2.24) is 15.2 Å². The van der Waals surface area contributed by atoms with Crippen molar-refractivity contribution >= 4 is 0 Å². The van der Waals surface area contributed by atoms with Crippen molar-refractivity contribution in [3.63, 3.8) is 0 Å². The van der Waals surface area contributed by atoms with Gasteiger partial charge in [-0.15, -0.1) is 0 Å². The molecular formula is C19H21FN4O3. The van der Waals surface area contributed by atoms with Crippen molar-refractivity contribution in [3.8, 4) is 17.2 Å². The van der Waals surface area contributed by atoms with Gasteiger partial charge in [0.05, 0.1) is 19.8 Å². The third kappa shape index (κ3) is 4.53. The van der Waals surface area contributed by atoms with E-state index < -0.39 is 6.04 Å². The van der Waals surface area contributed by atoms with Crippen LogP contribution in [-0.2, 0) is 6.61 Å². The van der Waals surface area contributed by atoms with Crippen molar-refractivity contribution in [2.24, 2.45) is 5.73 Å². The Morgan fingerprint density at radius 3 is 2.59 bits per heavy atom. The summed E-state index contributed by atoms with van der Waals surface area (Å²) in [5.41, 5.74) is 7.07. The number of H-pyrrole nitrogens is 1. The van der Waals surface area contributed by atoms with Gasteiger partial charge in [0.2, 0.25) is 0 Å². The van der Waals surface area contributed by atoms with Crippen LogP contribution in [0, 0.1) is 5.82 Å². The third-order valence-corrected chi connectivity index (χ3v) is 3.86. The highest BCUT2D eigenvalue weighted by Crippen LogP contribution is 2.31. The van der Waals surface area contributed by atoms with Crippen molar-refractivity contribution in [3.05, 3.63) is 65.5 Å². The van der Waals surface area contributed by atoms with E-state index in [4.69, 9.17) is 19.9 Å². The molecule has 1 aromatic heterocycles. The van der Waals surface area contributed by atoms with Gasteiger partial charge >= 0.3 is 0 Å². The summed E-state index contributed by atoms with van der Waals surface area (Å²) in [5.74, 6) is 2.41. The number of hydrogen-bond acceptors (Lipinski definition) is 6. The number of nitrogens with one attached hydrogen (secondary N) is 1. The fourth-order valence-electron chi connectivity index (χ4n) is 2.50. The Balaban J connectivity index is 1.69. The molecule has 2 aromatic carbocycles. The van der Waals surface area contributed by atoms with Crippen molar-refractivity contribution < 1.29 is 18.6 Å². The first-order chi connectivity index (χ1) is 13.1. The second-order valence-corrected chi connectivity index (χ2v) is 5.70. The van der Waals surface area contributed by atoms with Crippen LogP contribution >= 0.6 is 0 Å². The lowest BCUT2D eigenvalue weighted by molar-refractivity contribution is 0.296. The van der Waals surface area contributed by atoms with Crippen LogP contribution in [0.3, 0.4) is 0 Å². The molecule has 7 nitrogen and oxygen atoms in total. The molecule has 0 amide bonds. The Hall–Kier alpha value is -3.13. The first-order valence-corrected chi connectivity index (χ1v) is 8.46. The molecule has 27 heavy (non-hydrogen) atoms. The van der Waals surface area contributed by atoms with Gasteiger partial charge in [-0.3, -0.25) is 5.10 Å². The van der Waals surface area contributed by atoms with Gasteiger partial charge in [-0.25, -0.2) is 9.37 Å². The summed E-state index contributed by atoms with van der Waals surface area (Å²) >= 11 is 0. The van der Waals surface area contributed by atoms with E-state index in [0.29, 0.717) is 35.5 Å². The molecule has 0 bridgehead atoms. The molecule has 3 aromatic rings. The number of halogens is 1. The zero-order valence-electron chi connectivity index (χ0n) is 15.1. The first-order valence-electron chi connectivity index (χ1n) is 8.46. The number of aromatic amines is 1. The molecule has 0 saturated carbocycles. The highest BCUT2D eigenvalue weighted by molar-refractivity contribution is 5.44. The minimum atomic E-state index is -0.537. The van der Waals surface area contributed by atoms with Crippen molar-refractivity contribution in [2.75, 3.05) is 13.7 Å². The molecule has 0 saturated heterocycles. The van der Waals surface area contributed by atoms with Crippen molar-refractivity contribution in [2.45, 2.75) is 19.6 Å². The number of hydrogen-bond donors (Lipinski definition) is 2. The number of nitrogens with two attached hydrogens (primary N) is 1. The molecule has 0 fully saturated rings. The second-order valence-electron chi connectivity index (χ2n) is 5.70. The van der Waals surface area contributed by atoms with Crippen LogP contribution in [0.1, 0.15) is 30.2 Å². The first kappa shape index (κ1) is 18.7. The quantitative estimate of drug-likeness (QED) is 0.631. The normalized spacial score (nSPS) is 11.9. The molecule has 0 unspecified atom stereocenters. The van der Waals surface area contributed by atoms with Crippen molar-refractivity contribution in [1.29, 1.82) is 0 Å². The predicted octanol–water partition coefficient (Wildman–Crippen LogP) is 2.98. The second kappa shape index (κ2) is 8.50. The van der Waals surface area contributed by atoms with Crippen LogP contribution in [-0.4, -0.2) is 28.9 Å². The summed E-state index contributed by atoms with van der Waals surface area (Å²) in [5, 5.41) is 6.96. The SMILES string of the molecule is CCOc1ccc([C@@H](N)c2n[nH]c(COc3ccc(F)cc3)n2)cc1OC. The standard InChI is InChI=1S/C19H21FN4O3/c1-3-26-15-9-4-12(10-16(15)25-2)18(21)19-22-17(23-24-19)11-27-14-7-5-13(20)6-8-14/h4-10,18H,3,11,21H2,1-2H3,(H,22,23,24)/t18-/m1/s1. The summed E-state index contributed by atoms with van der Waals surface area (Å²) in [7, 11) is 1.57. The number of nitrogens with zero attached hydrogens (tertiary/aromatic N) is 2. The van der Waals surface area contributed by atoms with Gasteiger partial charge in [0.1, 0.15) is 18.2 Å². The van der Waals surface area contributed by atoms with Gasteiger partial charge in [-0.05, 0) is 48.9 Å². The summed E-state index contributed by atoms with van der Waals surface area (Å²) in [6.45, 7) is 2.61. The molecule has 0 radical (unpaired) electrons. The largest absolute Gasteiger partial charge is 0.493 e. The van der Waals surface area contributed by atoms with E-state index in [-0.39, 0.29) is 12.4 Å². The van der Waals surface area contributed by atoms with Gasteiger partial charge in [-0.2, -0.15) is 5.10 Å². The lowest BCUT2D eigenvalue weighted by atomic mass is 10.1. The predicted molar refractivity (Wildman–Crippen MR) is 97.3 cm³/mol. The monoisotopic (exact) mass is 372 g/mol. The summed E-state index contributed by atoms with van der Waals surface area (Å²) in [6.07, 6.45) is 0. The summed E-state index contributed by atoms with van der Waals surface area (Å²) in [6, 6.07) is 10.7. The Bertz CT molecular complexity index is 883. The maximum atomic E-state index is 12.9. The zero-order valence-corrected chi connectivity index (χ0v) is 15.1. The smallest absolute Gasteiger partial charge is 0.172 e. The number of rotatable bonds is 8. The van der Waals surface area contributed by atoms with Crippen LogP contribution in [0.5, 0.6) is 17.2 Å². The minimum absolute atomic E-state index is 0.165. The molecular weight excluding hydrogens is 351 g/mol. The molecule has 3 N–H and O–H groups in total. The average Bonchev–Trinajstić information content (AvgIpc) is 3.16. The third-order valence-electron chi connectivity index (χ3n) is 3.86. The number of benzene rings is 2. The zero-order chi connectivity index (χ0) is 19.2. The highest BCUT2D eigenvalue weighted by Gasteiger charge is 2.17. The fourth-order valence-corrected chi connectivity index (χ4v) is 2.50. The lowest BCUT2D eigenvalue weighted by Crippen LogP contribution is -2.14. The molecule has 0 aliphatic rings. The van der Waals surface area contributed by atoms with Gasteiger partial charge < -0.3 is 19.9 Å². The molecule has 1 heterocycles. The van der Waals surface area contributed by atoms with Crippen LogP contribution in [0.2, 0.25) is 0 Å². The van der Waals surface area contributed by atoms with Gasteiger partial charge in [-0.1, -0.05) is 6.07 Å². The molecule has 142 valence electrons. The minimum Gasteiger partial charge on any atom is -0.493 e. The van der Waals surface area contributed by atoms with Crippen LogP contribution in [0.25, 0.3) is 0 Å². The van der Waals surface area contributed by atoms with Gasteiger partial charge in [0.15, 0.2) is 23.1 Å². The topological polar surface area (TPSA) is 95.3 Å². The lowest BCUT2D eigenvalue weighted by Gasteiger charge is -2.13. The van der Waals surface area contributed by atoms with Crippen LogP contribution in [0.4, 0.5) is 4.39 Å². The Labute approximate surface area is 156 Å². The Kier molecular flexibility index (Phi) is 5.87. The molecule has 0 spiro atoms. The maximum Gasteiger partial charge on any atom is 0.172 e. The summed E-state index contributed by atoms with van der Waals surface area (Å²) in [4.78, 5) is 4.37. The maximum absolute atomic E-state index is 12.9. The highest BCUT2D eigenvalue weighted by atomic mass is 19.1. The van der Waals surface area contributed by atoms with Crippen LogP contribution < -0.4 is 19.9 Å². The van der Waals surface area contributed by atoms with E-state index in [1.54, 1.807) is 25.3 Å². The van der Waals surface area contributed by atoms with E-state index in [0.717, 1.165) is 5.56 Å². The Morgan fingerprint density at radius 2 is 1.89 bits per heavy atom. The van der Waals surface area contributed by atoms with E-state index in [1.165, 1.54) is 12.1 Å². The fraction of sp³-hybridized carbons (Fsp3) is 0.263. The molecule has 3 rings (SSSR count). The van der Waals surface area contributed by atoms with E-state index >= 15 is 0 Å².